The molecular weight excluding hydrogens is 433 g/mol. The minimum atomic E-state index is -5.06. The number of alkyl carbamates (subject to hydrolysis) is 1. The van der Waals surface area contributed by atoms with Crippen molar-refractivity contribution >= 4 is 23.6 Å². The Labute approximate surface area is 182 Å². The largest absolute Gasteiger partial charge is 0.471 e. The van der Waals surface area contributed by atoms with Gasteiger partial charge in [0.1, 0.15) is 6.61 Å². The molecule has 3 rings (SSSR count). The van der Waals surface area contributed by atoms with Gasteiger partial charge in [-0.3, -0.25) is 4.79 Å². The van der Waals surface area contributed by atoms with Crippen molar-refractivity contribution in [2.45, 2.75) is 38.2 Å². The number of ether oxygens (including phenoxy) is 1. The number of nitrogens with zero attached hydrogens (tertiary/aromatic N) is 1. The second-order valence-corrected chi connectivity index (χ2v) is 7.42. The zero-order chi connectivity index (χ0) is 22.4. The number of nitrogens with one attached hydrogen (secondary N) is 1. The number of benzene rings is 2. The zero-order valence-electron chi connectivity index (χ0n) is 16.4. The van der Waals surface area contributed by atoms with Gasteiger partial charge in [-0.1, -0.05) is 60.1 Å². The van der Waals surface area contributed by atoms with Gasteiger partial charge < -0.3 is 15.0 Å². The molecule has 1 N–H and O–H groups in total. The number of hydrogen-bond donors (Lipinski definition) is 1. The first-order valence-electron chi connectivity index (χ1n) is 9.54. The molecule has 1 unspecified atom stereocenters. The van der Waals surface area contributed by atoms with E-state index in [-0.39, 0.29) is 18.8 Å². The van der Waals surface area contributed by atoms with Crippen LogP contribution in [0.2, 0.25) is 5.02 Å². The highest BCUT2D eigenvalue weighted by Crippen LogP contribution is 2.29. The zero-order valence-corrected chi connectivity index (χ0v) is 17.1. The van der Waals surface area contributed by atoms with Crippen molar-refractivity contribution in [1.82, 2.24) is 10.2 Å². The number of allylic oxidation sites excluding steroid dienone is 1. The summed E-state index contributed by atoms with van der Waals surface area (Å²) in [6.45, 7) is -0.285. The number of alkyl halides is 3. The first-order chi connectivity index (χ1) is 14.7. The molecule has 0 radical (unpaired) electrons. The fourth-order valence-corrected chi connectivity index (χ4v) is 3.37. The Morgan fingerprint density at radius 3 is 2.39 bits per heavy atom. The van der Waals surface area contributed by atoms with Crippen LogP contribution >= 0.6 is 11.6 Å². The summed E-state index contributed by atoms with van der Waals surface area (Å²) in [7, 11) is 0. The van der Waals surface area contributed by atoms with Gasteiger partial charge in [0.2, 0.25) is 0 Å². The maximum absolute atomic E-state index is 13.3. The maximum atomic E-state index is 13.3. The lowest BCUT2D eigenvalue weighted by Gasteiger charge is -2.29. The van der Waals surface area contributed by atoms with E-state index in [0.29, 0.717) is 28.3 Å². The first kappa shape index (κ1) is 22.7. The Balaban J connectivity index is 1.71. The lowest BCUT2D eigenvalue weighted by Crippen LogP contribution is -2.46. The van der Waals surface area contributed by atoms with E-state index in [1.165, 1.54) is 18.2 Å². The molecule has 164 valence electrons. The summed E-state index contributed by atoms with van der Waals surface area (Å²) in [4.78, 5) is 25.0. The lowest BCUT2D eigenvalue weighted by atomic mass is 10.1. The second-order valence-electron chi connectivity index (χ2n) is 6.98. The van der Waals surface area contributed by atoms with E-state index in [9.17, 15) is 22.8 Å². The summed E-state index contributed by atoms with van der Waals surface area (Å²) < 4.78 is 45.0. The molecule has 31 heavy (non-hydrogen) atoms. The van der Waals surface area contributed by atoms with Crippen LogP contribution in [0, 0.1) is 0 Å². The predicted molar refractivity (Wildman–Crippen MR) is 109 cm³/mol. The van der Waals surface area contributed by atoms with Crippen LogP contribution in [-0.4, -0.2) is 29.1 Å². The molecule has 5 nitrogen and oxygen atoms in total. The van der Waals surface area contributed by atoms with Crippen LogP contribution in [-0.2, 0) is 22.7 Å². The number of halogens is 4. The van der Waals surface area contributed by atoms with Gasteiger partial charge in [-0.15, -0.1) is 0 Å². The minimum Gasteiger partial charge on any atom is -0.445 e. The molecule has 1 aliphatic rings. The molecule has 0 aromatic heterocycles. The average molecular weight is 453 g/mol. The molecule has 9 heteroatoms. The molecule has 0 fully saturated rings. The standard InChI is InChI=1S/C22H20ClF3N2O3/c23-17-11-9-15(10-12-17)13-28(20(29)22(24,25)26)19-8-4-7-18(19)27-21(30)31-14-16-5-2-1-3-6-16/h1-3,5-6,8-12,18H,4,7,13-14H2,(H,27,30). The molecular formula is C22H20ClF3N2O3. The third kappa shape index (κ3) is 6.24. The fourth-order valence-electron chi connectivity index (χ4n) is 3.25. The average Bonchev–Trinajstić information content (AvgIpc) is 3.19. The third-order valence-corrected chi connectivity index (χ3v) is 4.98. The van der Waals surface area contributed by atoms with E-state index >= 15 is 0 Å². The fraction of sp³-hybridized carbons (Fsp3) is 0.273. The molecule has 2 aromatic rings. The van der Waals surface area contributed by atoms with Crippen molar-refractivity contribution in [1.29, 1.82) is 0 Å². The number of carbonyl (C=O) groups excluding carboxylic acids is 2. The van der Waals surface area contributed by atoms with E-state index in [0.717, 1.165) is 5.56 Å². The molecule has 0 saturated heterocycles. The highest BCUT2D eigenvalue weighted by molar-refractivity contribution is 6.30. The smallest absolute Gasteiger partial charge is 0.445 e. The first-order valence-corrected chi connectivity index (χ1v) is 9.92. The second kappa shape index (κ2) is 9.87. The molecule has 0 saturated carbocycles. The predicted octanol–water partition coefficient (Wildman–Crippen LogP) is 5.20. The van der Waals surface area contributed by atoms with Crippen LogP contribution in [0.25, 0.3) is 0 Å². The summed E-state index contributed by atoms with van der Waals surface area (Å²) in [5.41, 5.74) is 1.34. The number of amides is 2. The van der Waals surface area contributed by atoms with Crippen LogP contribution in [0.1, 0.15) is 24.0 Å². The van der Waals surface area contributed by atoms with E-state index in [1.54, 1.807) is 36.4 Å². The monoisotopic (exact) mass is 452 g/mol. The van der Waals surface area contributed by atoms with Crippen molar-refractivity contribution in [2.75, 3.05) is 0 Å². The van der Waals surface area contributed by atoms with Gasteiger partial charge in [-0.25, -0.2) is 4.79 Å². The Morgan fingerprint density at radius 2 is 1.74 bits per heavy atom. The quantitative estimate of drug-likeness (QED) is 0.655. The Bertz CT molecular complexity index is 947. The van der Waals surface area contributed by atoms with Crippen LogP contribution in [0.15, 0.2) is 66.4 Å². The number of rotatable bonds is 6. The van der Waals surface area contributed by atoms with Crippen molar-refractivity contribution in [3.63, 3.8) is 0 Å². The van der Waals surface area contributed by atoms with Crippen molar-refractivity contribution < 1.29 is 27.5 Å². The van der Waals surface area contributed by atoms with Gasteiger partial charge in [0.25, 0.3) is 0 Å². The summed E-state index contributed by atoms with van der Waals surface area (Å²) in [6.07, 6.45) is -3.53. The van der Waals surface area contributed by atoms with Gasteiger partial charge in [-0.05, 0) is 36.1 Å². The third-order valence-electron chi connectivity index (χ3n) is 4.72. The molecule has 0 bridgehead atoms. The van der Waals surface area contributed by atoms with Crippen LogP contribution in [0.5, 0.6) is 0 Å². The van der Waals surface area contributed by atoms with Crippen molar-refractivity contribution in [3.05, 3.63) is 82.5 Å². The Morgan fingerprint density at radius 1 is 1.06 bits per heavy atom. The molecule has 0 heterocycles. The number of carbonyl (C=O) groups is 2. The van der Waals surface area contributed by atoms with Gasteiger partial charge in [0, 0.05) is 10.7 Å². The van der Waals surface area contributed by atoms with Gasteiger partial charge >= 0.3 is 18.2 Å². The number of hydrogen-bond acceptors (Lipinski definition) is 3. The summed E-state index contributed by atoms with van der Waals surface area (Å²) in [5, 5.41) is 3.00. The highest BCUT2D eigenvalue weighted by atomic mass is 35.5. The van der Waals surface area contributed by atoms with E-state index in [1.807, 2.05) is 6.07 Å². The molecule has 2 amide bonds. The topological polar surface area (TPSA) is 58.6 Å². The van der Waals surface area contributed by atoms with Gasteiger partial charge in [0.05, 0.1) is 12.6 Å². The maximum Gasteiger partial charge on any atom is 0.471 e. The van der Waals surface area contributed by atoms with Gasteiger partial charge in [-0.2, -0.15) is 13.2 Å². The molecule has 0 spiro atoms. The summed E-state index contributed by atoms with van der Waals surface area (Å²) in [5.74, 6) is -2.00. The highest BCUT2D eigenvalue weighted by Gasteiger charge is 2.45. The molecule has 1 aliphatic carbocycles. The van der Waals surface area contributed by atoms with E-state index in [4.69, 9.17) is 16.3 Å². The van der Waals surface area contributed by atoms with Gasteiger partial charge in [0.15, 0.2) is 0 Å². The van der Waals surface area contributed by atoms with Crippen LogP contribution in [0.3, 0.4) is 0 Å². The van der Waals surface area contributed by atoms with Crippen LogP contribution < -0.4 is 5.32 Å². The molecule has 2 aromatic carbocycles. The van der Waals surface area contributed by atoms with Crippen LogP contribution in [0.4, 0.5) is 18.0 Å². The van der Waals surface area contributed by atoms with E-state index in [2.05, 4.69) is 5.32 Å². The lowest BCUT2D eigenvalue weighted by molar-refractivity contribution is -0.184. The van der Waals surface area contributed by atoms with Crippen molar-refractivity contribution in [3.8, 4) is 0 Å². The SMILES string of the molecule is O=C(NC1CCC=C1N(Cc1ccc(Cl)cc1)C(=O)C(F)(F)F)OCc1ccccc1. The summed E-state index contributed by atoms with van der Waals surface area (Å²) >= 11 is 5.83. The molecule has 1 atom stereocenters. The molecule has 0 aliphatic heterocycles. The Hall–Kier alpha value is -3.00. The van der Waals surface area contributed by atoms with E-state index < -0.39 is 24.2 Å². The normalized spacial score (nSPS) is 15.9. The Kier molecular flexibility index (Phi) is 7.22. The summed E-state index contributed by atoms with van der Waals surface area (Å²) in [6, 6.07) is 14.4. The minimum absolute atomic E-state index is 0.0222. The van der Waals surface area contributed by atoms with Crippen molar-refractivity contribution in [2.24, 2.45) is 0 Å².